The van der Waals surface area contributed by atoms with E-state index in [0.29, 0.717) is 0 Å². The molecular formula is C18H20ClN3S. The van der Waals surface area contributed by atoms with Gasteiger partial charge in [0.15, 0.2) is 5.11 Å². The molecule has 5 heteroatoms. The number of nitrogens with zero attached hydrogens (tertiary/aromatic N) is 2. The summed E-state index contributed by atoms with van der Waals surface area (Å²) in [6, 6.07) is 16.3. The maximum Gasteiger partial charge on any atom is 0.173 e. The van der Waals surface area contributed by atoms with Gasteiger partial charge in [-0.05, 0) is 49.5 Å². The molecule has 3 nitrogen and oxygen atoms in total. The van der Waals surface area contributed by atoms with Crippen molar-refractivity contribution >= 4 is 40.3 Å². The van der Waals surface area contributed by atoms with Crippen LogP contribution < -0.4 is 10.2 Å². The van der Waals surface area contributed by atoms with Gasteiger partial charge < -0.3 is 15.1 Å². The van der Waals surface area contributed by atoms with Crippen molar-refractivity contribution in [1.29, 1.82) is 0 Å². The van der Waals surface area contributed by atoms with Crippen LogP contribution in [-0.4, -0.2) is 36.2 Å². The Balaban J connectivity index is 1.56. The van der Waals surface area contributed by atoms with Crippen molar-refractivity contribution in [3.63, 3.8) is 0 Å². The molecule has 0 spiro atoms. The highest BCUT2D eigenvalue weighted by molar-refractivity contribution is 7.80. The number of thiocarbonyl (C=S) groups is 1. The van der Waals surface area contributed by atoms with E-state index in [1.54, 1.807) is 0 Å². The summed E-state index contributed by atoms with van der Waals surface area (Å²) in [5.74, 6) is 0. The molecular weight excluding hydrogens is 326 g/mol. The maximum absolute atomic E-state index is 6.08. The minimum Gasteiger partial charge on any atom is -0.368 e. The Morgan fingerprint density at radius 1 is 1.04 bits per heavy atom. The highest BCUT2D eigenvalue weighted by atomic mass is 35.5. The van der Waals surface area contributed by atoms with Crippen molar-refractivity contribution < 1.29 is 0 Å². The van der Waals surface area contributed by atoms with E-state index in [1.165, 1.54) is 11.3 Å². The molecule has 1 N–H and O–H groups in total. The molecule has 0 radical (unpaired) electrons. The van der Waals surface area contributed by atoms with E-state index >= 15 is 0 Å². The first-order valence-corrected chi connectivity index (χ1v) is 8.53. The zero-order valence-electron chi connectivity index (χ0n) is 13.1. The van der Waals surface area contributed by atoms with Gasteiger partial charge >= 0.3 is 0 Å². The molecule has 120 valence electrons. The van der Waals surface area contributed by atoms with Crippen LogP contribution in [0.4, 0.5) is 11.4 Å². The van der Waals surface area contributed by atoms with Gasteiger partial charge in [0.1, 0.15) is 0 Å². The van der Waals surface area contributed by atoms with Gasteiger partial charge in [-0.1, -0.05) is 35.4 Å². The van der Waals surface area contributed by atoms with Crippen LogP contribution in [0.15, 0.2) is 48.5 Å². The number of benzene rings is 2. The molecule has 1 aliphatic rings. The summed E-state index contributed by atoms with van der Waals surface area (Å²) in [6.07, 6.45) is 0. The lowest BCUT2D eigenvalue weighted by molar-refractivity contribution is 0.391. The van der Waals surface area contributed by atoms with Crippen LogP contribution >= 0.6 is 23.8 Å². The number of hydrogen-bond acceptors (Lipinski definition) is 2. The number of hydrogen-bond donors (Lipinski definition) is 1. The van der Waals surface area contributed by atoms with Gasteiger partial charge in [-0.2, -0.15) is 0 Å². The fraction of sp³-hybridized carbons (Fsp3) is 0.278. The third-order valence-electron chi connectivity index (χ3n) is 4.04. The Bertz CT molecular complexity index is 679. The summed E-state index contributed by atoms with van der Waals surface area (Å²) >= 11 is 11.6. The second-order valence-corrected chi connectivity index (χ2v) is 6.57. The monoisotopic (exact) mass is 345 g/mol. The summed E-state index contributed by atoms with van der Waals surface area (Å²) in [6.45, 7) is 5.78. The van der Waals surface area contributed by atoms with Crippen molar-refractivity contribution in [2.75, 3.05) is 36.4 Å². The van der Waals surface area contributed by atoms with E-state index in [4.69, 9.17) is 23.8 Å². The molecule has 0 saturated carbocycles. The first kappa shape index (κ1) is 16.1. The molecule has 0 aromatic heterocycles. The highest BCUT2D eigenvalue weighted by Crippen LogP contribution is 2.21. The molecule has 0 bridgehead atoms. The molecule has 1 aliphatic heterocycles. The van der Waals surface area contributed by atoms with Gasteiger partial charge in [-0.3, -0.25) is 0 Å². The molecule has 3 rings (SSSR count). The van der Waals surface area contributed by atoms with E-state index < -0.39 is 0 Å². The maximum atomic E-state index is 6.08. The van der Waals surface area contributed by atoms with Crippen LogP contribution in [0.2, 0.25) is 5.02 Å². The van der Waals surface area contributed by atoms with Crippen LogP contribution in [-0.2, 0) is 0 Å². The molecule has 2 aromatic rings. The van der Waals surface area contributed by atoms with Gasteiger partial charge in [0.25, 0.3) is 0 Å². The van der Waals surface area contributed by atoms with Gasteiger partial charge in [0.2, 0.25) is 0 Å². The second kappa shape index (κ2) is 7.20. The average molecular weight is 346 g/mol. The highest BCUT2D eigenvalue weighted by Gasteiger charge is 2.19. The SMILES string of the molecule is Cc1ccc(NC(=S)N2CCN(c3cccc(Cl)c3)CC2)cc1. The van der Waals surface area contributed by atoms with Crippen molar-refractivity contribution in [3.05, 3.63) is 59.1 Å². The minimum atomic E-state index is 0.779. The first-order valence-electron chi connectivity index (χ1n) is 7.75. The standard InChI is InChI=1S/C18H20ClN3S/c1-14-5-7-16(8-6-14)20-18(23)22-11-9-21(10-12-22)17-4-2-3-15(19)13-17/h2-8,13H,9-12H2,1H3,(H,20,23). The van der Waals surface area contributed by atoms with E-state index in [9.17, 15) is 0 Å². The summed E-state index contributed by atoms with van der Waals surface area (Å²) in [5.41, 5.74) is 3.46. The van der Waals surface area contributed by atoms with Gasteiger partial charge in [0.05, 0.1) is 0 Å². The number of aryl methyl sites for hydroxylation is 1. The van der Waals surface area contributed by atoms with E-state index in [2.05, 4.69) is 52.4 Å². The number of halogens is 1. The Labute approximate surface area is 147 Å². The van der Waals surface area contributed by atoms with Gasteiger partial charge in [0, 0.05) is 42.6 Å². The number of piperazine rings is 1. The normalized spacial score (nSPS) is 14.7. The molecule has 2 aromatic carbocycles. The lowest BCUT2D eigenvalue weighted by Gasteiger charge is -2.37. The van der Waals surface area contributed by atoms with Crippen LogP contribution in [0.3, 0.4) is 0 Å². The van der Waals surface area contributed by atoms with E-state index in [0.717, 1.165) is 42.0 Å². The molecule has 0 amide bonds. The third-order valence-corrected chi connectivity index (χ3v) is 4.64. The molecule has 0 unspecified atom stereocenters. The van der Waals surface area contributed by atoms with Crippen molar-refractivity contribution in [3.8, 4) is 0 Å². The lowest BCUT2D eigenvalue weighted by Crippen LogP contribution is -2.50. The largest absolute Gasteiger partial charge is 0.368 e. The quantitative estimate of drug-likeness (QED) is 0.823. The number of rotatable bonds is 2. The number of anilines is 2. The zero-order valence-corrected chi connectivity index (χ0v) is 14.7. The molecule has 1 heterocycles. The second-order valence-electron chi connectivity index (χ2n) is 5.75. The van der Waals surface area contributed by atoms with Crippen LogP contribution in [0, 0.1) is 6.92 Å². The topological polar surface area (TPSA) is 18.5 Å². The first-order chi connectivity index (χ1) is 11.1. The predicted octanol–water partition coefficient (Wildman–Crippen LogP) is 4.17. The van der Waals surface area contributed by atoms with Crippen molar-refractivity contribution in [2.24, 2.45) is 0 Å². The van der Waals surface area contributed by atoms with Gasteiger partial charge in [-0.15, -0.1) is 0 Å². The van der Waals surface area contributed by atoms with E-state index in [1.807, 2.05) is 18.2 Å². The van der Waals surface area contributed by atoms with Crippen LogP contribution in [0.5, 0.6) is 0 Å². The average Bonchev–Trinajstić information content (AvgIpc) is 2.57. The summed E-state index contributed by atoms with van der Waals surface area (Å²) in [7, 11) is 0. The Kier molecular flexibility index (Phi) is 5.03. The molecule has 0 atom stereocenters. The molecule has 1 fully saturated rings. The predicted molar refractivity (Wildman–Crippen MR) is 103 cm³/mol. The summed E-state index contributed by atoms with van der Waals surface area (Å²) in [5, 5.41) is 4.89. The Hall–Kier alpha value is -1.78. The number of nitrogens with one attached hydrogen (secondary N) is 1. The minimum absolute atomic E-state index is 0.779. The lowest BCUT2D eigenvalue weighted by atomic mass is 10.2. The summed E-state index contributed by atoms with van der Waals surface area (Å²) < 4.78 is 0. The smallest absolute Gasteiger partial charge is 0.173 e. The molecule has 23 heavy (non-hydrogen) atoms. The van der Waals surface area contributed by atoms with Crippen LogP contribution in [0.1, 0.15) is 5.56 Å². The van der Waals surface area contributed by atoms with E-state index in [-0.39, 0.29) is 0 Å². The van der Waals surface area contributed by atoms with Crippen molar-refractivity contribution in [2.45, 2.75) is 6.92 Å². The fourth-order valence-electron chi connectivity index (χ4n) is 2.68. The third kappa shape index (κ3) is 4.15. The Morgan fingerprint density at radius 2 is 1.74 bits per heavy atom. The fourth-order valence-corrected chi connectivity index (χ4v) is 3.16. The Morgan fingerprint density at radius 3 is 2.39 bits per heavy atom. The van der Waals surface area contributed by atoms with Crippen molar-refractivity contribution in [1.82, 2.24) is 4.90 Å². The summed E-state index contributed by atoms with van der Waals surface area (Å²) in [4.78, 5) is 4.56. The molecule has 0 aliphatic carbocycles. The molecule has 1 saturated heterocycles. The van der Waals surface area contributed by atoms with Crippen LogP contribution in [0.25, 0.3) is 0 Å². The zero-order chi connectivity index (χ0) is 16.2. The van der Waals surface area contributed by atoms with Gasteiger partial charge in [-0.25, -0.2) is 0 Å².